The highest BCUT2D eigenvalue weighted by atomic mass is 19.4. The zero-order valence-electron chi connectivity index (χ0n) is 22.3. The predicted molar refractivity (Wildman–Crippen MR) is 136 cm³/mol. The molecule has 2 unspecified atom stereocenters. The first-order chi connectivity index (χ1) is 18.3. The number of hydrogen-bond donors (Lipinski definition) is 1. The number of alkyl halides is 6. The van der Waals surface area contributed by atoms with Crippen LogP contribution in [0.25, 0.3) is 0 Å². The van der Waals surface area contributed by atoms with Crippen molar-refractivity contribution in [2.75, 3.05) is 19.0 Å². The Balaban J connectivity index is 1.61. The molecule has 1 aliphatic heterocycles. The molecule has 2 aliphatic rings. The molecule has 0 bridgehead atoms. The number of hydrogen-bond acceptors (Lipinski definition) is 4. The van der Waals surface area contributed by atoms with Crippen LogP contribution in [0.4, 0.5) is 32.0 Å². The molecule has 1 N–H and O–H groups in total. The molecule has 0 amide bonds. The number of ether oxygens (including phenoxy) is 3. The molecule has 0 saturated heterocycles. The van der Waals surface area contributed by atoms with Gasteiger partial charge in [-0.25, -0.2) is 0 Å². The number of anilines is 1. The lowest BCUT2D eigenvalue weighted by atomic mass is 9.86. The molecule has 4 nitrogen and oxygen atoms in total. The number of benzene rings is 2. The summed E-state index contributed by atoms with van der Waals surface area (Å²) in [5, 5.41) is 3.07. The Labute approximate surface area is 225 Å². The highest BCUT2D eigenvalue weighted by Gasteiger charge is 2.46. The van der Waals surface area contributed by atoms with Gasteiger partial charge in [0.05, 0.1) is 17.7 Å². The van der Waals surface area contributed by atoms with Crippen molar-refractivity contribution < 1.29 is 40.6 Å². The van der Waals surface area contributed by atoms with Gasteiger partial charge < -0.3 is 19.5 Å². The maximum atomic E-state index is 13.4. The van der Waals surface area contributed by atoms with E-state index >= 15 is 0 Å². The fourth-order valence-electron chi connectivity index (χ4n) is 5.48. The molecule has 4 rings (SSSR count). The minimum atomic E-state index is -4.93. The highest BCUT2D eigenvalue weighted by Crippen LogP contribution is 2.45. The Morgan fingerprint density at radius 2 is 1.54 bits per heavy atom. The normalized spacial score (nSPS) is 21.8. The van der Waals surface area contributed by atoms with Crippen molar-refractivity contribution in [1.29, 1.82) is 0 Å². The van der Waals surface area contributed by atoms with Crippen LogP contribution in [0.15, 0.2) is 36.4 Å². The van der Waals surface area contributed by atoms with Crippen LogP contribution < -0.4 is 10.1 Å². The highest BCUT2D eigenvalue weighted by molar-refractivity contribution is 5.53. The van der Waals surface area contributed by atoms with E-state index in [4.69, 9.17) is 14.2 Å². The van der Waals surface area contributed by atoms with Crippen molar-refractivity contribution in [1.82, 2.24) is 0 Å². The minimum Gasteiger partial charge on any atom is -0.485 e. The quantitative estimate of drug-likeness (QED) is 0.329. The van der Waals surface area contributed by atoms with Gasteiger partial charge in [-0.3, -0.25) is 0 Å². The van der Waals surface area contributed by atoms with Gasteiger partial charge in [0.2, 0.25) is 0 Å². The standard InChI is InChI=1S/C29H35F6NO3/c1-27(2)26(38-17-19-13-20(28(30,31)32)15-21(14-19)29(33,34)35)25(37-12-11-18-7-5-4-6-8-18)23-16-22(36-3)9-10-24(23)39-27/h9-10,13-16,18,25-26,36H,4-8,11-12,17H2,1-3H3. The van der Waals surface area contributed by atoms with Crippen molar-refractivity contribution in [3.8, 4) is 5.75 Å². The Hall–Kier alpha value is -2.46. The van der Waals surface area contributed by atoms with Crippen LogP contribution in [0.5, 0.6) is 5.75 Å². The smallest absolute Gasteiger partial charge is 0.416 e. The van der Waals surface area contributed by atoms with Gasteiger partial charge in [-0.05, 0) is 68.1 Å². The SMILES string of the molecule is CNc1ccc2c(c1)C(OCCC1CCCCC1)C(OCc1cc(C(F)(F)F)cc(C(F)(F)F)c1)C(C)(C)O2. The first kappa shape index (κ1) is 29.5. The summed E-state index contributed by atoms with van der Waals surface area (Å²) in [6, 6.07) is 7.05. The Kier molecular flexibility index (Phi) is 8.76. The van der Waals surface area contributed by atoms with Gasteiger partial charge in [-0.1, -0.05) is 32.1 Å². The number of halogens is 6. The molecular formula is C29H35F6NO3. The van der Waals surface area contributed by atoms with E-state index in [0.717, 1.165) is 30.5 Å². The summed E-state index contributed by atoms with van der Waals surface area (Å²) in [5.41, 5.74) is -2.43. The fourth-order valence-corrected chi connectivity index (χ4v) is 5.48. The van der Waals surface area contributed by atoms with E-state index < -0.39 is 47.9 Å². The van der Waals surface area contributed by atoms with Crippen LogP contribution in [0.2, 0.25) is 0 Å². The zero-order valence-corrected chi connectivity index (χ0v) is 22.3. The van der Waals surface area contributed by atoms with Crippen LogP contribution in [0.3, 0.4) is 0 Å². The molecular weight excluding hydrogens is 524 g/mol. The summed E-state index contributed by atoms with van der Waals surface area (Å²) >= 11 is 0. The first-order valence-electron chi connectivity index (χ1n) is 13.3. The van der Waals surface area contributed by atoms with Crippen LogP contribution in [0.1, 0.15) is 80.7 Å². The monoisotopic (exact) mass is 559 g/mol. The van der Waals surface area contributed by atoms with Gasteiger partial charge in [-0.2, -0.15) is 26.3 Å². The van der Waals surface area contributed by atoms with E-state index in [-0.39, 0.29) is 11.6 Å². The number of nitrogens with one attached hydrogen (secondary N) is 1. The molecule has 1 heterocycles. The topological polar surface area (TPSA) is 39.7 Å². The molecule has 1 fully saturated rings. The lowest BCUT2D eigenvalue weighted by Gasteiger charge is -2.44. The Morgan fingerprint density at radius 3 is 2.13 bits per heavy atom. The third-order valence-electron chi connectivity index (χ3n) is 7.56. The van der Waals surface area contributed by atoms with Crippen LogP contribution in [-0.2, 0) is 28.4 Å². The molecule has 0 radical (unpaired) electrons. The van der Waals surface area contributed by atoms with Gasteiger partial charge >= 0.3 is 12.4 Å². The van der Waals surface area contributed by atoms with E-state index in [2.05, 4.69) is 5.32 Å². The van der Waals surface area contributed by atoms with E-state index in [1.165, 1.54) is 19.3 Å². The zero-order chi connectivity index (χ0) is 28.4. The summed E-state index contributed by atoms with van der Waals surface area (Å²) in [7, 11) is 1.77. The van der Waals surface area contributed by atoms with Crippen LogP contribution in [-0.4, -0.2) is 25.4 Å². The van der Waals surface area contributed by atoms with Gasteiger partial charge in [0, 0.05) is 24.9 Å². The second kappa shape index (κ2) is 11.6. The van der Waals surface area contributed by atoms with Gasteiger partial charge in [-0.15, -0.1) is 0 Å². The number of fused-ring (bicyclic) bond motifs is 1. The molecule has 2 aromatic rings. The van der Waals surface area contributed by atoms with E-state index in [9.17, 15) is 26.3 Å². The van der Waals surface area contributed by atoms with Crippen molar-refractivity contribution in [3.05, 3.63) is 58.7 Å². The second-order valence-electron chi connectivity index (χ2n) is 10.9. The molecule has 1 aliphatic carbocycles. The van der Waals surface area contributed by atoms with E-state index in [1.807, 2.05) is 18.2 Å². The minimum absolute atomic E-state index is 0.115. The molecule has 1 saturated carbocycles. The van der Waals surface area contributed by atoms with Crippen molar-refractivity contribution in [3.63, 3.8) is 0 Å². The van der Waals surface area contributed by atoms with Crippen molar-refractivity contribution in [2.45, 2.75) is 89.1 Å². The van der Waals surface area contributed by atoms with Crippen molar-refractivity contribution >= 4 is 5.69 Å². The maximum absolute atomic E-state index is 13.4. The largest absolute Gasteiger partial charge is 0.485 e. The molecule has 0 aromatic heterocycles. The average Bonchev–Trinajstić information content (AvgIpc) is 2.87. The lowest BCUT2D eigenvalue weighted by molar-refractivity contribution is -0.168. The van der Waals surface area contributed by atoms with Crippen LogP contribution in [0, 0.1) is 5.92 Å². The molecule has 10 heteroatoms. The summed E-state index contributed by atoms with van der Waals surface area (Å²) in [6.07, 6.45) is -4.48. The lowest BCUT2D eigenvalue weighted by Crippen LogP contribution is -2.51. The summed E-state index contributed by atoms with van der Waals surface area (Å²) < 4.78 is 99.1. The van der Waals surface area contributed by atoms with Gasteiger partial charge in [0.1, 0.15) is 23.6 Å². The molecule has 39 heavy (non-hydrogen) atoms. The fraction of sp³-hybridized carbons (Fsp3) is 0.586. The third kappa shape index (κ3) is 7.20. The molecule has 216 valence electrons. The van der Waals surface area contributed by atoms with E-state index in [0.29, 0.717) is 30.4 Å². The third-order valence-corrected chi connectivity index (χ3v) is 7.56. The molecule has 2 aromatic carbocycles. The van der Waals surface area contributed by atoms with Gasteiger partial charge in [0.15, 0.2) is 0 Å². The second-order valence-corrected chi connectivity index (χ2v) is 10.9. The Bertz CT molecular complexity index is 1090. The number of rotatable bonds is 8. The average molecular weight is 560 g/mol. The molecule has 2 atom stereocenters. The first-order valence-corrected chi connectivity index (χ1v) is 13.3. The summed E-state index contributed by atoms with van der Waals surface area (Å²) in [5.74, 6) is 1.17. The summed E-state index contributed by atoms with van der Waals surface area (Å²) in [6.45, 7) is 3.53. The van der Waals surface area contributed by atoms with Crippen LogP contribution >= 0.6 is 0 Å². The Morgan fingerprint density at radius 1 is 0.897 bits per heavy atom. The predicted octanol–water partition coefficient (Wildman–Crippen LogP) is 8.55. The summed E-state index contributed by atoms with van der Waals surface area (Å²) in [4.78, 5) is 0. The van der Waals surface area contributed by atoms with E-state index in [1.54, 1.807) is 20.9 Å². The van der Waals surface area contributed by atoms with Crippen molar-refractivity contribution in [2.24, 2.45) is 5.92 Å². The maximum Gasteiger partial charge on any atom is 0.416 e. The molecule has 0 spiro atoms. The van der Waals surface area contributed by atoms with Gasteiger partial charge in [0.25, 0.3) is 0 Å².